The SMILES string of the molecule is CCCCCCCC/C=C/Cc1cccc(C)c1C(=O)Nc1cccc2cccnc12. The number of aromatic nitrogens is 1. The summed E-state index contributed by atoms with van der Waals surface area (Å²) in [6.07, 6.45) is 16.0. The molecule has 0 spiro atoms. The number of allylic oxidation sites excluding steroid dienone is 2. The maximum absolute atomic E-state index is 13.2. The number of nitrogens with zero attached hydrogens (tertiary/aromatic N) is 1. The molecule has 0 fully saturated rings. The minimum Gasteiger partial charge on any atom is -0.320 e. The van der Waals surface area contributed by atoms with Crippen LogP contribution in [0.1, 0.15) is 73.4 Å². The van der Waals surface area contributed by atoms with E-state index in [4.69, 9.17) is 0 Å². The first-order chi connectivity index (χ1) is 15.2. The summed E-state index contributed by atoms with van der Waals surface area (Å²) >= 11 is 0. The molecule has 0 aliphatic carbocycles. The van der Waals surface area contributed by atoms with E-state index in [-0.39, 0.29) is 5.91 Å². The van der Waals surface area contributed by atoms with E-state index < -0.39 is 0 Å². The summed E-state index contributed by atoms with van der Waals surface area (Å²) in [6.45, 7) is 4.25. The normalized spacial score (nSPS) is 11.3. The lowest BCUT2D eigenvalue weighted by molar-refractivity contribution is 0.102. The van der Waals surface area contributed by atoms with Gasteiger partial charge in [0.1, 0.15) is 0 Å². The van der Waals surface area contributed by atoms with Gasteiger partial charge in [-0.1, -0.05) is 87.6 Å². The molecule has 1 N–H and O–H groups in total. The Hall–Kier alpha value is -2.94. The maximum Gasteiger partial charge on any atom is 0.256 e. The molecule has 3 heteroatoms. The van der Waals surface area contributed by atoms with Crippen LogP contribution in [0.2, 0.25) is 0 Å². The fourth-order valence-corrected chi connectivity index (χ4v) is 3.98. The second kappa shape index (κ2) is 12.0. The number of pyridine rings is 1. The smallest absolute Gasteiger partial charge is 0.256 e. The number of nitrogens with one attached hydrogen (secondary N) is 1. The molecule has 0 bridgehead atoms. The van der Waals surface area contributed by atoms with E-state index in [9.17, 15) is 4.79 Å². The van der Waals surface area contributed by atoms with E-state index in [1.54, 1.807) is 6.20 Å². The molecule has 2 aromatic carbocycles. The molecule has 3 aromatic rings. The topological polar surface area (TPSA) is 42.0 Å². The molecule has 0 saturated carbocycles. The van der Waals surface area contributed by atoms with Gasteiger partial charge in [-0.05, 0) is 49.4 Å². The Labute approximate surface area is 186 Å². The predicted octanol–water partition coefficient (Wildman–Crippen LogP) is 7.64. The molecular weight excluding hydrogens is 380 g/mol. The van der Waals surface area contributed by atoms with Crippen molar-refractivity contribution in [3.8, 4) is 0 Å². The van der Waals surface area contributed by atoms with Crippen molar-refractivity contribution < 1.29 is 4.79 Å². The van der Waals surface area contributed by atoms with Crippen molar-refractivity contribution in [2.75, 3.05) is 5.32 Å². The van der Waals surface area contributed by atoms with Gasteiger partial charge in [-0.3, -0.25) is 9.78 Å². The van der Waals surface area contributed by atoms with Crippen molar-refractivity contribution >= 4 is 22.5 Å². The van der Waals surface area contributed by atoms with E-state index in [1.807, 2.05) is 49.4 Å². The van der Waals surface area contributed by atoms with Crippen LogP contribution < -0.4 is 5.32 Å². The Morgan fingerprint density at radius 2 is 1.71 bits per heavy atom. The minimum atomic E-state index is -0.0735. The van der Waals surface area contributed by atoms with Crippen molar-refractivity contribution in [3.63, 3.8) is 0 Å². The Morgan fingerprint density at radius 3 is 2.58 bits per heavy atom. The molecule has 3 nitrogen and oxygen atoms in total. The Balaban J connectivity index is 1.64. The Bertz CT molecular complexity index is 1020. The van der Waals surface area contributed by atoms with Crippen molar-refractivity contribution in [3.05, 3.63) is 83.6 Å². The van der Waals surface area contributed by atoms with Gasteiger partial charge in [-0.15, -0.1) is 0 Å². The molecule has 0 aliphatic heterocycles. The van der Waals surface area contributed by atoms with Gasteiger partial charge in [0.25, 0.3) is 5.91 Å². The third kappa shape index (κ3) is 6.52. The second-order valence-corrected chi connectivity index (χ2v) is 8.18. The number of carbonyl (C=O) groups excluding carboxylic acids is 1. The first-order valence-electron chi connectivity index (χ1n) is 11.6. The Kier molecular flexibility index (Phi) is 8.84. The van der Waals surface area contributed by atoms with Crippen molar-refractivity contribution in [2.45, 2.75) is 65.2 Å². The molecule has 0 radical (unpaired) electrons. The van der Waals surface area contributed by atoms with E-state index in [2.05, 4.69) is 35.4 Å². The van der Waals surface area contributed by atoms with Crippen molar-refractivity contribution in [1.29, 1.82) is 0 Å². The first-order valence-corrected chi connectivity index (χ1v) is 11.6. The largest absolute Gasteiger partial charge is 0.320 e. The van der Waals surface area contributed by atoms with E-state index >= 15 is 0 Å². The minimum absolute atomic E-state index is 0.0735. The number of amides is 1. The van der Waals surface area contributed by atoms with Crippen LogP contribution in [0.25, 0.3) is 10.9 Å². The molecule has 3 rings (SSSR count). The highest BCUT2D eigenvalue weighted by molar-refractivity contribution is 6.09. The monoisotopic (exact) mass is 414 g/mol. The quantitative estimate of drug-likeness (QED) is 0.259. The van der Waals surface area contributed by atoms with Crippen LogP contribution in [0.3, 0.4) is 0 Å². The fourth-order valence-electron chi connectivity index (χ4n) is 3.98. The number of anilines is 1. The average Bonchev–Trinajstić information content (AvgIpc) is 2.78. The number of hydrogen-bond acceptors (Lipinski definition) is 2. The zero-order valence-corrected chi connectivity index (χ0v) is 18.9. The summed E-state index contributed by atoms with van der Waals surface area (Å²) in [4.78, 5) is 17.6. The van der Waals surface area contributed by atoms with Gasteiger partial charge < -0.3 is 5.32 Å². The number of fused-ring (bicyclic) bond motifs is 1. The highest BCUT2D eigenvalue weighted by atomic mass is 16.1. The van der Waals surface area contributed by atoms with Crippen molar-refractivity contribution in [2.24, 2.45) is 0 Å². The summed E-state index contributed by atoms with van der Waals surface area (Å²) in [5.41, 5.74) is 4.38. The van der Waals surface area contributed by atoms with Crippen molar-refractivity contribution in [1.82, 2.24) is 4.98 Å². The van der Waals surface area contributed by atoms with Crippen LogP contribution in [0.5, 0.6) is 0 Å². The summed E-state index contributed by atoms with van der Waals surface area (Å²) in [5.74, 6) is -0.0735. The molecule has 0 atom stereocenters. The molecule has 1 aromatic heterocycles. The zero-order chi connectivity index (χ0) is 21.9. The van der Waals surface area contributed by atoms with Crippen LogP contribution >= 0.6 is 0 Å². The predicted molar refractivity (Wildman–Crippen MR) is 132 cm³/mol. The number of rotatable bonds is 11. The standard InChI is InChI=1S/C28H34N2O/c1-3-4-5-6-7-8-9-10-11-16-23-17-12-15-22(2)26(23)28(31)30-25-20-13-18-24-19-14-21-29-27(24)25/h10-15,17-21H,3-9,16H2,1-2H3,(H,30,31)/b11-10+. The molecule has 0 aliphatic rings. The maximum atomic E-state index is 13.2. The summed E-state index contributed by atoms with van der Waals surface area (Å²) < 4.78 is 0. The second-order valence-electron chi connectivity index (χ2n) is 8.18. The van der Waals surface area contributed by atoms with E-state index in [0.717, 1.165) is 46.1 Å². The number of para-hydroxylation sites is 1. The summed E-state index contributed by atoms with van der Waals surface area (Å²) in [5, 5.41) is 4.11. The number of hydrogen-bond donors (Lipinski definition) is 1. The third-order valence-electron chi connectivity index (χ3n) is 5.70. The van der Waals surface area contributed by atoms with E-state index in [1.165, 1.54) is 38.5 Å². The molecule has 162 valence electrons. The lowest BCUT2D eigenvalue weighted by Gasteiger charge is -2.13. The van der Waals surface area contributed by atoms with Gasteiger partial charge >= 0.3 is 0 Å². The highest BCUT2D eigenvalue weighted by Gasteiger charge is 2.15. The molecule has 1 amide bonds. The molecular formula is C28H34N2O. The van der Waals surface area contributed by atoms with Gasteiger partial charge in [0.15, 0.2) is 0 Å². The first kappa shape index (κ1) is 22.7. The van der Waals surface area contributed by atoms with Gasteiger partial charge in [-0.25, -0.2) is 0 Å². The third-order valence-corrected chi connectivity index (χ3v) is 5.70. The lowest BCUT2D eigenvalue weighted by Crippen LogP contribution is -2.16. The molecule has 0 unspecified atom stereocenters. The molecule has 1 heterocycles. The van der Waals surface area contributed by atoms with E-state index in [0.29, 0.717) is 0 Å². The highest BCUT2D eigenvalue weighted by Crippen LogP contribution is 2.23. The molecule has 0 saturated heterocycles. The van der Waals surface area contributed by atoms with Crippen LogP contribution in [0.15, 0.2) is 66.9 Å². The summed E-state index contributed by atoms with van der Waals surface area (Å²) in [6, 6.07) is 15.9. The van der Waals surface area contributed by atoms with Crippen LogP contribution in [-0.4, -0.2) is 10.9 Å². The van der Waals surface area contributed by atoms with Crippen LogP contribution in [0.4, 0.5) is 5.69 Å². The number of benzene rings is 2. The Morgan fingerprint density at radius 1 is 0.935 bits per heavy atom. The summed E-state index contributed by atoms with van der Waals surface area (Å²) in [7, 11) is 0. The molecule has 31 heavy (non-hydrogen) atoms. The zero-order valence-electron chi connectivity index (χ0n) is 18.9. The van der Waals surface area contributed by atoms with Gasteiger partial charge in [0.2, 0.25) is 0 Å². The van der Waals surface area contributed by atoms with Gasteiger partial charge in [0, 0.05) is 17.1 Å². The fraction of sp³-hybridized carbons (Fsp3) is 0.357. The van der Waals surface area contributed by atoms with Gasteiger partial charge in [-0.2, -0.15) is 0 Å². The lowest BCUT2D eigenvalue weighted by atomic mass is 9.98. The van der Waals surface area contributed by atoms with Crippen LogP contribution in [0, 0.1) is 6.92 Å². The van der Waals surface area contributed by atoms with Gasteiger partial charge in [0.05, 0.1) is 11.2 Å². The number of aryl methyl sites for hydroxylation is 1. The average molecular weight is 415 g/mol. The number of carbonyl (C=O) groups is 1. The van der Waals surface area contributed by atoms with Crippen LogP contribution in [-0.2, 0) is 6.42 Å². The number of unbranched alkanes of at least 4 members (excludes halogenated alkanes) is 6.